The minimum absolute atomic E-state index is 0.0178. The molecule has 1 heterocycles. The Bertz CT molecular complexity index is 1040. The van der Waals surface area contributed by atoms with Crippen LogP contribution in [0.1, 0.15) is 10.6 Å². The van der Waals surface area contributed by atoms with Crippen molar-refractivity contribution in [1.29, 1.82) is 5.26 Å². The van der Waals surface area contributed by atoms with Gasteiger partial charge in [-0.15, -0.1) is 11.3 Å². The number of benzene rings is 2. The molecule has 0 fully saturated rings. The Labute approximate surface area is 169 Å². The van der Waals surface area contributed by atoms with Crippen LogP contribution in [0.15, 0.2) is 46.3 Å². The number of aromatic hydroxyl groups is 1. The smallest absolute Gasteiger partial charge is 0.172 e. The van der Waals surface area contributed by atoms with Crippen LogP contribution in [-0.2, 0) is 0 Å². The lowest BCUT2D eigenvalue weighted by molar-refractivity contribution is 0.372. The number of nitrogens with zero attached hydrogens (tertiary/aromatic N) is 2. The molecule has 1 aromatic heterocycles. The number of nitriles is 1. The lowest BCUT2D eigenvalue weighted by atomic mass is 10.1. The largest absolute Gasteiger partial charge is 0.503 e. The Morgan fingerprint density at radius 1 is 1.22 bits per heavy atom. The van der Waals surface area contributed by atoms with E-state index in [2.05, 4.69) is 27.0 Å². The Hall–Kier alpha value is -2.82. The molecule has 0 bridgehead atoms. The summed E-state index contributed by atoms with van der Waals surface area (Å²) in [7, 11) is 3.10. The van der Waals surface area contributed by atoms with Gasteiger partial charge in [0.05, 0.1) is 30.0 Å². The van der Waals surface area contributed by atoms with Crippen LogP contribution in [0.25, 0.3) is 22.9 Å². The van der Waals surface area contributed by atoms with E-state index >= 15 is 0 Å². The summed E-state index contributed by atoms with van der Waals surface area (Å²) in [6.45, 7) is 0. The van der Waals surface area contributed by atoms with E-state index in [4.69, 9.17) is 9.47 Å². The quantitative estimate of drug-likeness (QED) is 0.538. The number of phenolic OH excluding ortho intramolecular Hbond substituents is 1. The Balaban J connectivity index is 1.95. The average molecular weight is 443 g/mol. The normalized spacial score (nSPS) is 11.1. The zero-order valence-electron chi connectivity index (χ0n) is 14.6. The highest BCUT2D eigenvalue weighted by Gasteiger charge is 2.12. The van der Waals surface area contributed by atoms with Gasteiger partial charge in [0.1, 0.15) is 16.8 Å². The van der Waals surface area contributed by atoms with Crippen LogP contribution in [0.4, 0.5) is 0 Å². The van der Waals surface area contributed by atoms with E-state index in [-0.39, 0.29) is 5.75 Å². The summed E-state index contributed by atoms with van der Waals surface area (Å²) >= 11 is 4.68. The molecule has 0 amide bonds. The van der Waals surface area contributed by atoms with Gasteiger partial charge in [0, 0.05) is 10.9 Å². The number of hydrogen-bond donors (Lipinski definition) is 1. The van der Waals surface area contributed by atoms with Crippen molar-refractivity contribution in [1.82, 2.24) is 4.98 Å². The number of phenols is 1. The van der Waals surface area contributed by atoms with E-state index in [1.807, 2.05) is 29.6 Å². The Kier molecular flexibility index (Phi) is 5.79. The minimum Gasteiger partial charge on any atom is -0.503 e. The third kappa shape index (κ3) is 4.13. The van der Waals surface area contributed by atoms with Crippen LogP contribution >= 0.6 is 27.3 Å². The fraction of sp³-hybridized carbons (Fsp3) is 0.100. The van der Waals surface area contributed by atoms with Gasteiger partial charge >= 0.3 is 0 Å². The lowest BCUT2D eigenvalue weighted by Gasteiger charge is -2.06. The number of allylic oxidation sites excluding steroid dienone is 1. The van der Waals surface area contributed by atoms with Crippen LogP contribution in [0.3, 0.4) is 0 Å². The zero-order valence-corrected chi connectivity index (χ0v) is 17.0. The number of aromatic nitrogens is 1. The highest BCUT2D eigenvalue weighted by Crippen LogP contribution is 2.36. The van der Waals surface area contributed by atoms with Crippen LogP contribution in [-0.4, -0.2) is 24.3 Å². The molecular weight excluding hydrogens is 428 g/mol. The van der Waals surface area contributed by atoms with Crippen molar-refractivity contribution in [2.24, 2.45) is 0 Å². The summed E-state index contributed by atoms with van der Waals surface area (Å²) in [5.41, 5.74) is 2.89. The fourth-order valence-electron chi connectivity index (χ4n) is 2.43. The average Bonchev–Trinajstić information content (AvgIpc) is 3.18. The lowest BCUT2D eigenvalue weighted by Crippen LogP contribution is -1.87. The SMILES string of the molecule is COc1ccc(-c2csc(/C(C#N)=C/c3cc(Br)c(O)c(OC)c3)n2)cc1. The van der Waals surface area contributed by atoms with E-state index in [1.165, 1.54) is 18.4 Å². The molecule has 136 valence electrons. The first-order chi connectivity index (χ1) is 13.0. The van der Waals surface area contributed by atoms with Crippen LogP contribution in [0.2, 0.25) is 0 Å². The number of thiazole rings is 1. The van der Waals surface area contributed by atoms with Crippen molar-refractivity contribution in [2.75, 3.05) is 14.2 Å². The van der Waals surface area contributed by atoms with Crippen molar-refractivity contribution in [3.05, 3.63) is 56.8 Å². The van der Waals surface area contributed by atoms with Gasteiger partial charge in [-0.2, -0.15) is 5.26 Å². The van der Waals surface area contributed by atoms with Gasteiger partial charge in [-0.3, -0.25) is 0 Å². The summed E-state index contributed by atoms with van der Waals surface area (Å²) in [6, 6.07) is 13.2. The highest BCUT2D eigenvalue weighted by atomic mass is 79.9. The number of ether oxygens (including phenoxy) is 2. The molecule has 27 heavy (non-hydrogen) atoms. The van der Waals surface area contributed by atoms with E-state index in [9.17, 15) is 10.4 Å². The first kappa shape index (κ1) is 19.0. The summed E-state index contributed by atoms with van der Waals surface area (Å²) in [4.78, 5) is 4.58. The molecule has 0 atom stereocenters. The first-order valence-electron chi connectivity index (χ1n) is 7.84. The van der Waals surface area contributed by atoms with Gasteiger partial charge in [-0.1, -0.05) is 0 Å². The van der Waals surface area contributed by atoms with Crippen molar-refractivity contribution in [3.8, 4) is 34.6 Å². The molecule has 0 unspecified atom stereocenters. The molecule has 1 N–H and O–H groups in total. The Morgan fingerprint density at radius 2 is 1.96 bits per heavy atom. The molecule has 5 nitrogen and oxygen atoms in total. The highest BCUT2D eigenvalue weighted by molar-refractivity contribution is 9.10. The number of rotatable bonds is 5. The molecule has 3 aromatic rings. The van der Waals surface area contributed by atoms with Gasteiger partial charge in [-0.05, 0) is 64.0 Å². The molecule has 0 spiro atoms. The van der Waals surface area contributed by atoms with Gasteiger partial charge in [-0.25, -0.2) is 4.98 Å². The fourth-order valence-corrected chi connectivity index (χ4v) is 3.69. The summed E-state index contributed by atoms with van der Waals surface area (Å²) in [5, 5.41) is 22.0. The molecule has 7 heteroatoms. The second-order valence-corrected chi connectivity index (χ2v) is 7.20. The number of hydrogen-bond acceptors (Lipinski definition) is 6. The second-order valence-electron chi connectivity index (χ2n) is 5.49. The van der Waals surface area contributed by atoms with E-state index in [1.54, 1.807) is 25.3 Å². The van der Waals surface area contributed by atoms with E-state index < -0.39 is 0 Å². The second kappa shape index (κ2) is 8.25. The van der Waals surface area contributed by atoms with Crippen molar-refractivity contribution in [3.63, 3.8) is 0 Å². The summed E-state index contributed by atoms with van der Waals surface area (Å²) in [6.07, 6.45) is 1.71. The third-order valence-electron chi connectivity index (χ3n) is 3.82. The van der Waals surface area contributed by atoms with E-state index in [0.29, 0.717) is 26.4 Å². The van der Waals surface area contributed by atoms with Crippen molar-refractivity contribution >= 4 is 38.9 Å². The van der Waals surface area contributed by atoms with E-state index in [0.717, 1.165) is 17.0 Å². The molecule has 0 aliphatic carbocycles. The third-order valence-corrected chi connectivity index (χ3v) is 5.30. The van der Waals surface area contributed by atoms with Gasteiger partial charge in [0.2, 0.25) is 0 Å². The number of halogens is 1. The topological polar surface area (TPSA) is 75.4 Å². The monoisotopic (exact) mass is 442 g/mol. The maximum atomic E-state index is 9.92. The maximum Gasteiger partial charge on any atom is 0.172 e. The molecule has 2 aromatic carbocycles. The predicted molar refractivity (Wildman–Crippen MR) is 110 cm³/mol. The standard InChI is InChI=1S/C20H15BrN2O3S/c1-25-15-5-3-13(4-6-15)17-11-27-20(23-17)14(10-22)7-12-8-16(21)19(24)18(9-12)26-2/h3-9,11,24H,1-2H3/b14-7+. The predicted octanol–water partition coefficient (Wildman–Crippen LogP) is 5.36. The van der Waals surface area contributed by atoms with Crippen LogP contribution in [0.5, 0.6) is 17.2 Å². The van der Waals surface area contributed by atoms with Crippen molar-refractivity contribution < 1.29 is 14.6 Å². The molecule has 3 rings (SSSR count). The molecule has 0 radical (unpaired) electrons. The molecule has 0 saturated carbocycles. The summed E-state index contributed by atoms with van der Waals surface area (Å²) < 4.78 is 10.8. The van der Waals surface area contributed by atoms with Gasteiger partial charge in [0.15, 0.2) is 11.5 Å². The van der Waals surface area contributed by atoms with Gasteiger partial charge in [0.25, 0.3) is 0 Å². The maximum absolute atomic E-state index is 9.92. The van der Waals surface area contributed by atoms with Crippen molar-refractivity contribution in [2.45, 2.75) is 0 Å². The van der Waals surface area contributed by atoms with Crippen LogP contribution < -0.4 is 9.47 Å². The van der Waals surface area contributed by atoms with Gasteiger partial charge < -0.3 is 14.6 Å². The molecule has 0 aliphatic rings. The molecule has 0 saturated heterocycles. The molecular formula is C20H15BrN2O3S. The summed E-state index contributed by atoms with van der Waals surface area (Å²) in [5.74, 6) is 1.12. The molecule has 0 aliphatic heterocycles. The minimum atomic E-state index is 0.0178. The number of methoxy groups -OCH3 is 2. The Morgan fingerprint density at radius 3 is 2.59 bits per heavy atom. The first-order valence-corrected chi connectivity index (χ1v) is 9.51. The van der Waals surface area contributed by atoms with Crippen LogP contribution in [0, 0.1) is 11.3 Å². The zero-order chi connectivity index (χ0) is 19.4.